The van der Waals surface area contributed by atoms with Crippen molar-refractivity contribution in [1.82, 2.24) is 0 Å². The van der Waals surface area contributed by atoms with Gasteiger partial charge in [0, 0.05) is 4.47 Å². The molecule has 0 aromatic heterocycles. The Labute approximate surface area is 109 Å². The molecule has 1 amide bonds. The van der Waals surface area contributed by atoms with E-state index in [2.05, 4.69) is 21.2 Å². The first-order valence-electron chi connectivity index (χ1n) is 5.19. The number of aromatic hydroxyl groups is 1. The molecule has 0 spiro atoms. The van der Waals surface area contributed by atoms with E-state index in [1.165, 1.54) is 6.07 Å². The number of hydrogen-bond acceptors (Lipinski definition) is 3. The van der Waals surface area contributed by atoms with Crippen LogP contribution in [0.15, 0.2) is 16.6 Å². The summed E-state index contributed by atoms with van der Waals surface area (Å²) in [6.07, 6.45) is -0.589. The fourth-order valence-corrected chi connectivity index (χ4v) is 1.57. The van der Waals surface area contributed by atoms with Gasteiger partial charge in [-0.3, -0.25) is 5.32 Å². The Hall–Kier alpha value is -1.23. The number of nitrogens with one attached hydrogen (secondary N) is 1. The lowest BCUT2D eigenvalue weighted by atomic mass is 10.2. The van der Waals surface area contributed by atoms with Crippen LogP contribution < -0.4 is 5.32 Å². The van der Waals surface area contributed by atoms with Crippen LogP contribution in [0, 0.1) is 6.92 Å². The maximum Gasteiger partial charge on any atom is 0.412 e. The van der Waals surface area contributed by atoms with Crippen LogP contribution in [0.3, 0.4) is 0 Å². The van der Waals surface area contributed by atoms with E-state index < -0.39 is 11.7 Å². The molecule has 2 N–H and O–H groups in total. The van der Waals surface area contributed by atoms with Crippen LogP contribution in [0.25, 0.3) is 0 Å². The van der Waals surface area contributed by atoms with Crippen molar-refractivity contribution < 1.29 is 14.6 Å². The normalized spacial score (nSPS) is 11.1. The molecule has 0 fully saturated rings. The number of phenols is 1. The maximum absolute atomic E-state index is 11.6. The van der Waals surface area contributed by atoms with Crippen LogP contribution in [0.4, 0.5) is 10.5 Å². The summed E-state index contributed by atoms with van der Waals surface area (Å²) in [5, 5.41) is 12.2. The van der Waals surface area contributed by atoms with Gasteiger partial charge in [0.15, 0.2) is 0 Å². The Morgan fingerprint density at radius 1 is 1.41 bits per heavy atom. The standard InChI is InChI=1S/C12H16BrNO3/c1-7-8(13)5-6-9(15)10(7)14-11(16)17-12(2,3)4/h5-6,15H,1-4H3,(H,14,16). The Bertz CT molecular complexity index is 438. The van der Waals surface area contributed by atoms with Crippen molar-refractivity contribution in [3.05, 3.63) is 22.2 Å². The van der Waals surface area contributed by atoms with Crippen molar-refractivity contribution in [2.45, 2.75) is 33.3 Å². The van der Waals surface area contributed by atoms with Crippen molar-refractivity contribution in [3.63, 3.8) is 0 Å². The van der Waals surface area contributed by atoms with Gasteiger partial charge in [-0.2, -0.15) is 0 Å². The smallest absolute Gasteiger partial charge is 0.412 e. The molecule has 0 saturated carbocycles. The largest absolute Gasteiger partial charge is 0.506 e. The first-order valence-corrected chi connectivity index (χ1v) is 5.98. The molecular formula is C12H16BrNO3. The molecule has 0 atom stereocenters. The van der Waals surface area contributed by atoms with Crippen LogP contribution in [0.1, 0.15) is 26.3 Å². The lowest BCUT2D eigenvalue weighted by molar-refractivity contribution is 0.0635. The van der Waals surface area contributed by atoms with Crippen molar-refractivity contribution in [3.8, 4) is 5.75 Å². The molecule has 0 aliphatic carbocycles. The SMILES string of the molecule is Cc1c(Br)ccc(O)c1NC(=O)OC(C)(C)C. The van der Waals surface area contributed by atoms with Crippen LogP contribution >= 0.6 is 15.9 Å². The van der Waals surface area contributed by atoms with Gasteiger partial charge in [0.25, 0.3) is 0 Å². The van der Waals surface area contributed by atoms with E-state index in [0.29, 0.717) is 5.69 Å². The summed E-state index contributed by atoms with van der Waals surface area (Å²) in [6, 6.07) is 3.22. The lowest BCUT2D eigenvalue weighted by Crippen LogP contribution is -2.27. The summed E-state index contributed by atoms with van der Waals surface area (Å²) >= 11 is 3.33. The molecule has 1 rings (SSSR count). The highest BCUT2D eigenvalue weighted by molar-refractivity contribution is 9.10. The molecule has 17 heavy (non-hydrogen) atoms. The number of ether oxygens (including phenoxy) is 1. The molecule has 5 heteroatoms. The molecule has 94 valence electrons. The third-order valence-electron chi connectivity index (χ3n) is 2.00. The highest BCUT2D eigenvalue weighted by atomic mass is 79.9. The third-order valence-corrected chi connectivity index (χ3v) is 2.86. The van der Waals surface area contributed by atoms with E-state index >= 15 is 0 Å². The number of amides is 1. The average Bonchev–Trinajstić information content (AvgIpc) is 2.16. The molecule has 0 unspecified atom stereocenters. The molecule has 0 aliphatic rings. The van der Waals surface area contributed by atoms with E-state index in [1.807, 2.05) is 0 Å². The van der Waals surface area contributed by atoms with Gasteiger partial charge in [-0.25, -0.2) is 4.79 Å². The number of hydrogen-bond donors (Lipinski definition) is 2. The fourth-order valence-electron chi connectivity index (χ4n) is 1.24. The zero-order valence-corrected chi connectivity index (χ0v) is 11.9. The predicted octanol–water partition coefficient (Wildman–Crippen LogP) is 3.81. The lowest BCUT2D eigenvalue weighted by Gasteiger charge is -2.20. The summed E-state index contributed by atoms with van der Waals surface area (Å²) in [4.78, 5) is 11.6. The number of anilines is 1. The zero-order chi connectivity index (χ0) is 13.2. The number of phenolic OH excluding ortho intramolecular Hbond substituents is 1. The van der Waals surface area contributed by atoms with Crippen molar-refractivity contribution in [2.75, 3.05) is 5.32 Å². The van der Waals surface area contributed by atoms with Gasteiger partial charge in [-0.05, 0) is 45.4 Å². The van der Waals surface area contributed by atoms with Gasteiger partial charge in [0.1, 0.15) is 11.4 Å². The third kappa shape index (κ3) is 3.93. The number of halogens is 1. The van der Waals surface area contributed by atoms with E-state index in [9.17, 15) is 9.90 Å². The molecule has 0 radical (unpaired) electrons. The number of benzene rings is 1. The van der Waals surface area contributed by atoms with E-state index in [4.69, 9.17) is 4.74 Å². The zero-order valence-electron chi connectivity index (χ0n) is 10.3. The topological polar surface area (TPSA) is 58.6 Å². The minimum Gasteiger partial charge on any atom is -0.506 e. The van der Waals surface area contributed by atoms with Crippen LogP contribution in [-0.4, -0.2) is 16.8 Å². The monoisotopic (exact) mass is 301 g/mol. The first-order chi connectivity index (χ1) is 7.70. The second kappa shape index (κ2) is 4.96. The second-order valence-electron chi connectivity index (χ2n) is 4.69. The van der Waals surface area contributed by atoms with Gasteiger partial charge in [0.2, 0.25) is 0 Å². The van der Waals surface area contributed by atoms with E-state index in [-0.39, 0.29) is 5.75 Å². The number of carbonyl (C=O) groups excluding carboxylic acids is 1. The van der Waals surface area contributed by atoms with Gasteiger partial charge < -0.3 is 9.84 Å². The van der Waals surface area contributed by atoms with Gasteiger partial charge >= 0.3 is 6.09 Å². The predicted molar refractivity (Wildman–Crippen MR) is 70.4 cm³/mol. The molecule has 1 aromatic carbocycles. The molecule has 0 saturated heterocycles. The summed E-state index contributed by atoms with van der Waals surface area (Å²) in [5.41, 5.74) is 0.532. The second-order valence-corrected chi connectivity index (χ2v) is 5.55. The summed E-state index contributed by atoms with van der Waals surface area (Å²) < 4.78 is 5.92. The molecule has 0 aliphatic heterocycles. The minimum absolute atomic E-state index is 0.0107. The van der Waals surface area contributed by atoms with Gasteiger partial charge in [0.05, 0.1) is 5.69 Å². The fraction of sp³-hybridized carbons (Fsp3) is 0.417. The molecular weight excluding hydrogens is 286 g/mol. The summed E-state index contributed by atoms with van der Waals surface area (Å²) in [5.74, 6) is 0.0107. The van der Waals surface area contributed by atoms with Crippen molar-refractivity contribution in [2.24, 2.45) is 0 Å². The Kier molecular flexibility index (Phi) is 4.03. The molecule has 1 aromatic rings. The quantitative estimate of drug-likeness (QED) is 0.776. The van der Waals surface area contributed by atoms with Crippen molar-refractivity contribution >= 4 is 27.7 Å². The minimum atomic E-state index is -0.589. The van der Waals surface area contributed by atoms with Gasteiger partial charge in [-0.15, -0.1) is 0 Å². The van der Waals surface area contributed by atoms with Crippen LogP contribution in [0.5, 0.6) is 5.75 Å². The van der Waals surface area contributed by atoms with E-state index in [1.54, 1.807) is 33.8 Å². The molecule has 4 nitrogen and oxygen atoms in total. The Morgan fingerprint density at radius 2 is 2.00 bits per heavy atom. The highest BCUT2D eigenvalue weighted by Crippen LogP contribution is 2.32. The number of rotatable bonds is 1. The molecule has 0 bridgehead atoms. The van der Waals surface area contributed by atoms with Gasteiger partial charge in [-0.1, -0.05) is 15.9 Å². The van der Waals surface area contributed by atoms with Crippen LogP contribution in [0.2, 0.25) is 0 Å². The first kappa shape index (κ1) is 13.8. The molecule has 0 heterocycles. The summed E-state index contributed by atoms with van der Waals surface area (Å²) in [7, 11) is 0. The van der Waals surface area contributed by atoms with Crippen molar-refractivity contribution in [1.29, 1.82) is 0 Å². The number of carbonyl (C=O) groups is 1. The summed E-state index contributed by atoms with van der Waals surface area (Å²) in [6.45, 7) is 7.12. The maximum atomic E-state index is 11.6. The highest BCUT2D eigenvalue weighted by Gasteiger charge is 2.18. The Balaban J connectivity index is 2.89. The van der Waals surface area contributed by atoms with Crippen LogP contribution in [-0.2, 0) is 4.74 Å². The van der Waals surface area contributed by atoms with E-state index in [0.717, 1.165) is 10.0 Å². The average molecular weight is 302 g/mol. The Morgan fingerprint density at radius 3 is 2.53 bits per heavy atom.